The number of aromatic nitrogens is 3. The van der Waals surface area contributed by atoms with Crippen LogP contribution in [0.25, 0.3) is 22.4 Å². The van der Waals surface area contributed by atoms with Gasteiger partial charge in [-0.25, -0.2) is 18.7 Å². The molecule has 5 aromatic rings. The normalized spacial score (nSPS) is 11.1. The van der Waals surface area contributed by atoms with Gasteiger partial charge in [-0.3, -0.25) is 4.79 Å². The molecule has 34 heavy (non-hydrogen) atoms. The van der Waals surface area contributed by atoms with Gasteiger partial charge < -0.3 is 14.7 Å². The molecule has 5 rings (SSSR count). The Morgan fingerprint density at radius 1 is 1.03 bits per heavy atom. The summed E-state index contributed by atoms with van der Waals surface area (Å²) >= 11 is 0. The van der Waals surface area contributed by atoms with Crippen LogP contribution >= 0.6 is 0 Å². The summed E-state index contributed by atoms with van der Waals surface area (Å²) in [5, 5.41) is 2.86. The Balaban J connectivity index is 1.20. The van der Waals surface area contributed by atoms with Crippen molar-refractivity contribution < 1.29 is 18.0 Å². The van der Waals surface area contributed by atoms with Gasteiger partial charge >= 0.3 is 0 Å². The molecule has 0 unspecified atom stereocenters. The fourth-order valence-electron chi connectivity index (χ4n) is 3.66. The van der Waals surface area contributed by atoms with E-state index >= 15 is 0 Å². The van der Waals surface area contributed by atoms with E-state index in [1.165, 1.54) is 18.2 Å². The molecule has 0 aliphatic heterocycles. The highest BCUT2D eigenvalue weighted by atomic mass is 19.1. The van der Waals surface area contributed by atoms with Gasteiger partial charge in [0.2, 0.25) is 5.91 Å². The third-order valence-corrected chi connectivity index (χ3v) is 5.38. The number of imidazole rings is 1. The maximum Gasteiger partial charge on any atom is 0.224 e. The van der Waals surface area contributed by atoms with Crippen LogP contribution in [-0.4, -0.2) is 20.9 Å². The third kappa shape index (κ3) is 4.85. The number of H-pyrrole nitrogens is 1. The second-order valence-corrected chi connectivity index (χ2v) is 7.86. The summed E-state index contributed by atoms with van der Waals surface area (Å²) in [6, 6.07) is 17.9. The molecular formula is C26H20F2N4O2. The Morgan fingerprint density at radius 2 is 1.85 bits per heavy atom. The molecule has 0 fully saturated rings. The first-order chi connectivity index (χ1) is 16.5. The van der Waals surface area contributed by atoms with Crippen LogP contribution in [0.4, 0.5) is 14.5 Å². The summed E-state index contributed by atoms with van der Waals surface area (Å²) in [5.41, 5.74) is 3.38. The molecule has 2 aromatic heterocycles. The van der Waals surface area contributed by atoms with Crippen LogP contribution in [0, 0.1) is 11.6 Å². The number of benzene rings is 3. The quantitative estimate of drug-likeness (QED) is 0.330. The number of nitrogens with zero attached hydrogens (tertiary/aromatic N) is 2. The van der Waals surface area contributed by atoms with Gasteiger partial charge in [0.1, 0.15) is 17.5 Å². The molecule has 0 saturated carbocycles. The van der Waals surface area contributed by atoms with Crippen LogP contribution in [0.2, 0.25) is 0 Å². The molecule has 0 radical (unpaired) electrons. The maximum atomic E-state index is 13.9. The van der Waals surface area contributed by atoms with Crippen LogP contribution in [0.3, 0.4) is 0 Å². The molecule has 170 valence electrons. The van der Waals surface area contributed by atoms with Crippen molar-refractivity contribution in [2.75, 3.05) is 5.32 Å². The largest absolute Gasteiger partial charge is 0.441 e. The zero-order valence-electron chi connectivity index (χ0n) is 18.0. The minimum atomic E-state index is -0.324. The Bertz CT molecular complexity index is 1460. The van der Waals surface area contributed by atoms with Crippen molar-refractivity contribution in [2.45, 2.75) is 19.3 Å². The van der Waals surface area contributed by atoms with Gasteiger partial charge in [-0.15, -0.1) is 0 Å². The first kappa shape index (κ1) is 21.5. The van der Waals surface area contributed by atoms with E-state index in [9.17, 15) is 13.6 Å². The van der Waals surface area contributed by atoms with Crippen LogP contribution < -0.4 is 5.32 Å². The van der Waals surface area contributed by atoms with Crippen molar-refractivity contribution in [3.8, 4) is 11.3 Å². The van der Waals surface area contributed by atoms with E-state index in [1.807, 2.05) is 0 Å². The number of carbonyl (C=O) groups is 1. The minimum Gasteiger partial charge on any atom is -0.441 e. The van der Waals surface area contributed by atoms with E-state index < -0.39 is 0 Å². The van der Waals surface area contributed by atoms with Crippen LogP contribution in [0.1, 0.15) is 23.7 Å². The zero-order chi connectivity index (χ0) is 23.5. The summed E-state index contributed by atoms with van der Waals surface area (Å²) in [7, 11) is 0. The van der Waals surface area contributed by atoms with Crippen LogP contribution in [0.5, 0.6) is 0 Å². The van der Waals surface area contributed by atoms with Crippen molar-refractivity contribution >= 4 is 22.6 Å². The number of rotatable bonds is 7. The van der Waals surface area contributed by atoms with Crippen molar-refractivity contribution in [3.63, 3.8) is 0 Å². The van der Waals surface area contributed by atoms with Crippen molar-refractivity contribution in [2.24, 2.45) is 0 Å². The van der Waals surface area contributed by atoms with Crippen molar-refractivity contribution in [1.82, 2.24) is 15.0 Å². The number of halogens is 2. The summed E-state index contributed by atoms with van der Waals surface area (Å²) in [6.07, 6.45) is 2.42. The second kappa shape index (κ2) is 9.27. The molecule has 2 N–H and O–H groups in total. The first-order valence-electron chi connectivity index (χ1n) is 10.8. The topological polar surface area (TPSA) is 83.8 Å². The highest BCUT2D eigenvalue weighted by Crippen LogP contribution is 2.22. The fraction of sp³-hybridized carbons (Fsp3) is 0.115. The number of amides is 1. The predicted molar refractivity (Wildman–Crippen MR) is 124 cm³/mol. The minimum absolute atomic E-state index is 0.183. The van der Waals surface area contributed by atoms with Gasteiger partial charge in [0.15, 0.2) is 11.7 Å². The molecule has 1 amide bonds. The number of nitrogens with one attached hydrogen (secondary N) is 2. The van der Waals surface area contributed by atoms with Gasteiger partial charge in [-0.1, -0.05) is 18.2 Å². The van der Waals surface area contributed by atoms with Gasteiger partial charge in [0.25, 0.3) is 0 Å². The summed E-state index contributed by atoms with van der Waals surface area (Å²) in [4.78, 5) is 24.3. The molecule has 8 heteroatoms. The number of carbonyl (C=O) groups excluding carboxylic acids is 1. The fourth-order valence-corrected chi connectivity index (χ4v) is 3.66. The SMILES string of the molecule is O=C(CCc1ncc(-c2ccc(F)cc2)o1)Nc1ccc2nc(Cc3ccccc3F)[nH]c2c1. The van der Waals surface area contributed by atoms with Crippen LogP contribution in [0.15, 0.2) is 77.3 Å². The van der Waals surface area contributed by atoms with Gasteiger partial charge in [0, 0.05) is 30.5 Å². The van der Waals surface area contributed by atoms with E-state index in [0.29, 0.717) is 47.1 Å². The van der Waals surface area contributed by atoms with E-state index in [-0.39, 0.29) is 24.0 Å². The van der Waals surface area contributed by atoms with E-state index in [2.05, 4.69) is 20.3 Å². The Morgan fingerprint density at radius 3 is 2.68 bits per heavy atom. The number of hydrogen-bond donors (Lipinski definition) is 2. The monoisotopic (exact) mass is 458 g/mol. The van der Waals surface area contributed by atoms with Crippen LogP contribution in [-0.2, 0) is 17.6 Å². The predicted octanol–water partition coefficient (Wildman–Crippen LogP) is 5.66. The molecule has 3 aromatic carbocycles. The van der Waals surface area contributed by atoms with Crippen molar-refractivity contribution in [1.29, 1.82) is 0 Å². The standard InChI is InChI=1S/C26H20F2N4O2/c27-18-7-5-16(6-8-18)23-15-29-26(34-23)12-11-25(33)30-19-9-10-21-22(14-19)32-24(31-21)13-17-3-1-2-4-20(17)28/h1-10,14-15H,11-13H2,(H,30,33)(H,31,32). The zero-order valence-corrected chi connectivity index (χ0v) is 18.0. The number of aryl methyl sites for hydroxylation is 1. The molecule has 0 aliphatic rings. The molecule has 6 nitrogen and oxygen atoms in total. The van der Waals surface area contributed by atoms with Gasteiger partial charge in [-0.05, 0) is 54.1 Å². The van der Waals surface area contributed by atoms with E-state index in [4.69, 9.17) is 4.42 Å². The van der Waals surface area contributed by atoms with Gasteiger partial charge in [-0.2, -0.15) is 0 Å². The average molecular weight is 458 g/mol. The number of fused-ring (bicyclic) bond motifs is 1. The lowest BCUT2D eigenvalue weighted by molar-refractivity contribution is -0.116. The Kier molecular flexibility index (Phi) is 5.86. The smallest absolute Gasteiger partial charge is 0.224 e. The molecule has 0 spiro atoms. The lowest BCUT2D eigenvalue weighted by atomic mass is 10.1. The summed E-state index contributed by atoms with van der Waals surface area (Å²) in [5.74, 6) is 0.806. The highest BCUT2D eigenvalue weighted by Gasteiger charge is 2.11. The highest BCUT2D eigenvalue weighted by molar-refractivity contribution is 5.93. The Hall–Kier alpha value is -4.33. The number of aromatic amines is 1. The number of oxazole rings is 1. The molecule has 2 heterocycles. The molecule has 0 aliphatic carbocycles. The lowest BCUT2D eigenvalue weighted by Crippen LogP contribution is -2.12. The number of hydrogen-bond acceptors (Lipinski definition) is 4. The molecule has 0 bridgehead atoms. The Labute approximate surface area is 193 Å². The molecule has 0 atom stereocenters. The lowest BCUT2D eigenvalue weighted by Gasteiger charge is -2.04. The second-order valence-electron chi connectivity index (χ2n) is 7.86. The van der Waals surface area contributed by atoms with E-state index in [1.54, 1.807) is 54.7 Å². The molecular weight excluding hydrogens is 438 g/mol. The van der Waals surface area contributed by atoms with E-state index in [0.717, 1.165) is 11.0 Å². The molecule has 0 saturated heterocycles. The van der Waals surface area contributed by atoms with Crippen molar-refractivity contribution in [3.05, 3.63) is 102 Å². The average Bonchev–Trinajstić information content (AvgIpc) is 3.46. The summed E-state index contributed by atoms with van der Waals surface area (Å²) in [6.45, 7) is 0. The van der Waals surface area contributed by atoms with Gasteiger partial charge in [0.05, 0.1) is 17.2 Å². The number of anilines is 1. The summed E-state index contributed by atoms with van der Waals surface area (Å²) < 4.78 is 32.7. The maximum absolute atomic E-state index is 13.9. The third-order valence-electron chi connectivity index (χ3n) is 5.38. The first-order valence-corrected chi connectivity index (χ1v) is 10.8.